The van der Waals surface area contributed by atoms with E-state index in [2.05, 4.69) is 4.98 Å². The Kier molecular flexibility index (Phi) is 4.69. The van der Waals surface area contributed by atoms with Crippen LogP contribution in [0.5, 0.6) is 5.75 Å². The predicted octanol–water partition coefficient (Wildman–Crippen LogP) is 5.14. The molecule has 0 bridgehead atoms. The Hall–Kier alpha value is -2.57. The van der Waals surface area contributed by atoms with E-state index in [1.165, 1.54) is 24.5 Å². The number of rotatable bonds is 5. The van der Waals surface area contributed by atoms with Crippen molar-refractivity contribution in [1.29, 1.82) is 0 Å². The normalized spacial score (nSPS) is 10.6. The van der Waals surface area contributed by atoms with Crippen molar-refractivity contribution >= 4 is 28.9 Å². The molecule has 24 heavy (non-hydrogen) atoms. The minimum Gasteiger partial charge on any atom is -0.486 e. The highest BCUT2D eigenvalue weighted by molar-refractivity contribution is 6.32. The molecule has 3 rings (SSSR count). The zero-order valence-corrected chi connectivity index (χ0v) is 13.6. The number of ether oxygens (including phenoxy) is 1. The number of oxazole rings is 1. The lowest BCUT2D eigenvalue weighted by molar-refractivity contribution is -0.384. The van der Waals surface area contributed by atoms with Crippen LogP contribution < -0.4 is 4.74 Å². The predicted molar refractivity (Wildman–Crippen MR) is 89.4 cm³/mol. The van der Waals surface area contributed by atoms with Crippen molar-refractivity contribution in [1.82, 2.24) is 4.98 Å². The molecule has 0 saturated heterocycles. The second kappa shape index (κ2) is 6.90. The average Bonchev–Trinajstić information content (AvgIpc) is 3.02. The molecule has 0 radical (unpaired) electrons. The van der Waals surface area contributed by atoms with Crippen LogP contribution in [0.25, 0.3) is 11.5 Å². The largest absolute Gasteiger partial charge is 0.486 e. The first-order chi connectivity index (χ1) is 11.5. The summed E-state index contributed by atoms with van der Waals surface area (Å²) in [6.45, 7) is 0.113. The van der Waals surface area contributed by atoms with Crippen molar-refractivity contribution in [3.05, 3.63) is 74.6 Å². The van der Waals surface area contributed by atoms with E-state index in [4.69, 9.17) is 32.4 Å². The van der Waals surface area contributed by atoms with Gasteiger partial charge < -0.3 is 9.15 Å². The fourth-order valence-corrected chi connectivity index (χ4v) is 2.42. The van der Waals surface area contributed by atoms with Gasteiger partial charge in [0.15, 0.2) is 0 Å². The van der Waals surface area contributed by atoms with E-state index >= 15 is 0 Å². The Bertz CT molecular complexity index is 895. The molecular weight excluding hydrogens is 355 g/mol. The van der Waals surface area contributed by atoms with Gasteiger partial charge in [0.1, 0.15) is 24.3 Å². The fourth-order valence-electron chi connectivity index (χ4n) is 2.00. The van der Waals surface area contributed by atoms with Gasteiger partial charge in [-0.05, 0) is 24.3 Å². The first kappa shape index (κ1) is 16.3. The monoisotopic (exact) mass is 364 g/mol. The fraction of sp³-hybridized carbons (Fsp3) is 0.0625. The Morgan fingerprint density at radius 1 is 1.21 bits per heavy atom. The van der Waals surface area contributed by atoms with Crippen molar-refractivity contribution in [2.75, 3.05) is 0 Å². The summed E-state index contributed by atoms with van der Waals surface area (Å²) in [7, 11) is 0. The van der Waals surface area contributed by atoms with Crippen LogP contribution in [0.2, 0.25) is 10.0 Å². The van der Waals surface area contributed by atoms with Crippen LogP contribution in [-0.2, 0) is 6.61 Å². The summed E-state index contributed by atoms with van der Waals surface area (Å²) in [6, 6.07) is 11.1. The number of hydrogen-bond acceptors (Lipinski definition) is 5. The van der Waals surface area contributed by atoms with Gasteiger partial charge in [0, 0.05) is 22.7 Å². The van der Waals surface area contributed by atoms with E-state index in [0.717, 1.165) is 5.56 Å². The summed E-state index contributed by atoms with van der Waals surface area (Å²) in [4.78, 5) is 14.5. The topological polar surface area (TPSA) is 78.4 Å². The zero-order valence-electron chi connectivity index (χ0n) is 12.1. The standard InChI is InChI=1S/C16H10Cl2N2O4/c17-11-3-1-2-10(6-11)16-19-12(9-24-16)8-23-15-5-4-13(20(21)22)7-14(15)18/h1-7,9H,8H2. The number of nitrogens with zero attached hydrogens (tertiary/aromatic N) is 2. The maximum atomic E-state index is 10.7. The average molecular weight is 365 g/mol. The Balaban J connectivity index is 1.71. The first-order valence-electron chi connectivity index (χ1n) is 6.80. The first-order valence-corrected chi connectivity index (χ1v) is 7.55. The van der Waals surface area contributed by atoms with Crippen LogP contribution in [0.3, 0.4) is 0 Å². The molecular formula is C16H10Cl2N2O4. The molecule has 0 aliphatic rings. The SMILES string of the molecule is O=[N+]([O-])c1ccc(OCc2coc(-c3cccc(Cl)c3)n2)c(Cl)c1. The molecule has 122 valence electrons. The molecule has 2 aromatic carbocycles. The van der Waals surface area contributed by atoms with E-state index in [0.29, 0.717) is 22.4 Å². The van der Waals surface area contributed by atoms with Crippen LogP contribution in [0.4, 0.5) is 5.69 Å². The van der Waals surface area contributed by atoms with E-state index in [1.54, 1.807) is 18.2 Å². The van der Waals surface area contributed by atoms with Crippen LogP contribution in [0, 0.1) is 10.1 Å². The number of nitro groups is 1. The summed E-state index contributed by atoms with van der Waals surface area (Å²) in [5, 5.41) is 11.4. The van der Waals surface area contributed by atoms with Gasteiger partial charge in [0.25, 0.3) is 5.69 Å². The van der Waals surface area contributed by atoms with Crippen LogP contribution in [0.15, 0.2) is 53.1 Å². The van der Waals surface area contributed by atoms with E-state index < -0.39 is 4.92 Å². The number of aromatic nitrogens is 1. The van der Waals surface area contributed by atoms with Gasteiger partial charge in [0.2, 0.25) is 5.89 Å². The molecule has 0 aliphatic carbocycles. The summed E-state index contributed by atoms with van der Waals surface area (Å²) in [5.41, 5.74) is 1.21. The van der Waals surface area contributed by atoms with Crippen molar-refractivity contribution in [3.8, 4) is 17.2 Å². The molecule has 6 nitrogen and oxygen atoms in total. The van der Waals surface area contributed by atoms with Gasteiger partial charge in [-0.3, -0.25) is 10.1 Å². The highest BCUT2D eigenvalue weighted by atomic mass is 35.5. The van der Waals surface area contributed by atoms with Crippen LogP contribution in [0.1, 0.15) is 5.69 Å². The highest BCUT2D eigenvalue weighted by Gasteiger charge is 2.12. The molecule has 0 spiro atoms. The number of nitro benzene ring substituents is 1. The Morgan fingerprint density at radius 3 is 2.75 bits per heavy atom. The lowest BCUT2D eigenvalue weighted by Crippen LogP contribution is -1.97. The molecule has 0 aliphatic heterocycles. The number of benzene rings is 2. The Morgan fingerprint density at radius 2 is 2.04 bits per heavy atom. The van der Waals surface area contributed by atoms with Crippen LogP contribution in [-0.4, -0.2) is 9.91 Å². The molecule has 0 unspecified atom stereocenters. The molecule has 1 heterocycles. The Labute approximate surface area is 146 Å². The van der Waals surface area contributed by atoms with Gasteiger partial charge >= 0.3 is 0 Å². The molecule has 0 fully saturated rings. The van der Waals surface area contributed by atoms with Gasteiger partial charge in [-0.15, -0.1) is 0 Å². The third-order valence-corrected chi connectivity index (χ3v) is 3.66. The lowest BCUT2D eigenvalue weighted by atomic mass is 10.2. The quantitative estimate of drug-likeness (QED) is 0.462. The second-order valence-electron chi connectivity index (χ2n) is 4.81. The lowest BCUT2D eigenvalue weighted by Gasteiger charge is -2.05. The van der Waals surface area contributed by atoms with E-state index in [-0.39, 0.29) is 17.3 Å². The zero-order chi connectivity index (χ0) is 17.1. The summed E-state index contributed by atoms with van der Waals surface area (Å²) < 4.78 is 10.9. The molecule has 0 atom stereocenters. The molecule has 0 saturated carbocycles. The summed E-state index contributed by atoms with van der Waals surface area (Å²) >= 11 is 11.9. The maximum absolute atomic E-state index is 10.7. The molecule has 0 amide bonds. The highest BCUT2D eigenvalue weighted by Crippen LogP contribution is 2.29. The molecule has 1 aromatic heterocycles. The van der Waals surface area contributed by atoms with Gasteiger partial charge in [0.05, 0.1) is 9.95 Å². The summed E-state index contributed by atoms with van der Waals surface area (Å²) in [6.07, 6.45) is 1.47. The molecule has 8 heteroatoms. The smallest absolute Gasteiger partial charge is 0.271 e. The maximum Gasteiger partial charge on any atom is 0.271 e. The van der Waals surface area contributed by atoms with E-state index in [9.17, 15) is 10.1 Å². The number of hydrogen-bond donors (Lipinski definition) is 0. The second-order valence-corrected chi connectivity index (χ2v) is 5.66. The number of non-ortho nitro benzene ring substituents is 1. The van der Waals surface area contributed by atoms with Gasteiger partial charge in [-0.2, -0.15) is 0 Å². The minimum atomic E-state index is -0.523. The van der Waals surface area contributed by atoms with Gasteiger partial charge in [-0.1, -0.05) is 29.3 Å². The van der Waals surface area contributed by atoms with Crippen molar-refractivity contribution in [3.63, 3.8) is 0 Å². The van der Waals surface area contributed by atoms with Crippen molar-refractivity contribution in [2.24, 2.45) is 0 Å². The molecule has 0 N–H and O–H groups in total. The van der Waals surface area contributed by atoms with Crippen molar-refractivity contribution < 1.29 is 14.1 Å². The number of halogens is 2. The van der Waals surface area contributed by atoms with E-state index in [1.807, 2.05) is 6.07 Å². The third-order valence-electron chi connectivity index (χ3n) is 3.13. The van der Waals surface area contributed by atoms with Crippen molar-refractivity contribution in [2.45, 2.75) is 6.61 Å². The minimum absolute atomic E-state index is 0.1000. The van der Waals surface area contributed by atoms with Crippen LogP contribution >= 0.6 is 23.2 Å². The molecule has 3 aromatic rings. The third kappa shape index (κ3) is 3.67. The summed E-state index contributed by atoms with van der Waals surface area (Å²) in [5.74, 6) is 0.750. The van der Waals surface area contributed by atoms with Gasteiger partial charge in [-0.25, -0.2) is 4.98 Å².